The Hall–Kier alpha value is -2.69. The van der Waals surface area contributed by atoms with E-state index < -0.39 is 0 Å². The number of carbonyl (C=O) groups excluding carboxylic acids is 1. The number of amides is 1. The molecule has 0 fully saturated rings. The summed E-state index contributed by atoms with van der Waals surface area (Å²) in [5.41, 5.74) is 4.38. The maximum atomic E-state index is 13.6. The average Bonchev–Trinajstić information content (AvgIpc) is 2.95. The summed E-state index contributed by atoms with van der Waals surface area (Å²) in [5, 5.41) is 5.37. The van der Waals surface area contributed by atoms with Crippen molar-refractivity contribution in [3.63, 3.8) is 0 Å². The van der Waals surface area contributed by atoms with Gasteiger partial charge in [0, 0.05) is 25.8 Å². The number of carbonyl (C=O) groups is 1. The van der Waals surface area contributed by atoms with Crippen LogP contribution in [0.2, 0.25) is 0 Å². The van der Waals surface area contributed by atoms with E-state index in [0.717, 1.165) is 34.4 Å². The van der Waals surface area contributed by atoms with Crippen molar-refractivity contribution in [2.75, 3.05) is 6.54 Å². The molecule has 0 unspecified atom stereocenters. The van der Waals surface area contributed by atoms with Gasteiger partial charge in [-0.15, -0.1) is 0 Å². The highest BCUT2D eigenvalue weighted by Crippen LogP contribution is 2.26. The molecular weight excluding hydrogens is 336 g/mol. The van der Waals surface area contributed by atoms with Gasteiger partial charge in [0.05, 0.1) is 16.6 Å². The summed E-state index contributed by atoms with van der Waals surface area (Å²) in [6, 6.07) is 12.1. The van der Waals surface area contributed by atoms with Gasteiger partial charge < -0.3 is 4.90 Å². The van der Waals surface area contributed by atoms with E-state index in [1.807, 2.05) is 43.1 Å². The Labute approximate surface area is 161 Å². The van der Waals surface area contributed by atoms with Gasteiger partial charge in [0.2, 0.25) is 0 Å². The minimum Gasteiger partial charge on any atom is -0.334 e. The summed E-state index contributed by atoms with van der Waals surface area (Å²) in [7, 11) is 1.88. The Kier molecular flexibility index (Phi) is 5.59. The third-order valence-electron chi connectivity index (χ3n) is 4.81. The molecule has 5 heteroatoms. The molecule has 0 saturated heterocycles. The molecule has 1 aromatic carbocycles. The monoisotopic (exact) mass is 364 g/mol. The number of aryl methyl sites for hydroxylation is 2. The van der Waals surface area contributed by atoms with Crippen molar-refractivity contribution < 1.29 is 4.79 Å². The third kappa shape index (κ3) is 3.87. The molecule has 0 radical (unpaired) electrons. The summed E-state index contributed by atoms with van der Waals surface area (Å²) < 4.78 is 1.77. The molecule has 3 aromatic rings. The second-order valence-electron chi connectivity index (χ2n) is 7.37. The molecule has 0 aliphatic carbocycles. The quantitative estimate of drug-likeness (QED) is 0.649. The van der Waals surface area contributed by atoms with E-state index in [9.17, 15) is 4.79 Å². The van der Waals surface area contributed by atoms with E-state index in [-0.39, 0.29) is 11.8 Å². The predicted molar refractivity (Wildman–Crippen MR) is 109 cm³/mol. The number of hydrogen-bond donors (Lipinski definition) is 0. The van der Waals surface area contributed by atoms with Gasteiger partial charge in [0.1, 0.15) is 0 Å². The zero-order valence-electron chi connectivity index (χ0n) is 16.9. The predicted octanol–water partition coefficient (Wildman–Crippen LogP) is 4.45. The minimum absolute atomic E-state index is 0.0473. The molecule has 2 heterocycles. The van der Waals surface area contributed by atoms with Crippen LogP contribution in [-0.2, 0) is 13.6 Å². The first-order valence-electron chi connectivity index (χ1n) is 9.59. The molecular formula is C22H28N4O. The Balaban J connectivity index is 2.09. The van der Waals surface area contributed by atoms with Crippen LogP contribution in [0.1, 0.15) is 60.4 Å². The molecule has 142 valence electrons. The Morgan fingerprint density at radius 1 is 1.22 bits per heavy atom. The van der Waals surface area contributed by atoms with Crippen molar-refractivity contribution in [3.05, 3.63) is 58.9 Å². The smallest absolute Gasteiger partial charge is 0.255 e. The van der Waals surface area contributed by atoms with Gasteiger partial charge in [-0.3, -0.25) is 9.48 Å². The zero-order chi connectivity index (χ0) is 19.6. The van der Waals surface area contributed by atoms with Crippen LogP contribution in [-0.4, -0.2) is 32.1 Å². The lowest BCUT2D eigenvalue weighted by Gasteiger charge is -2.23. The highest BCUT2D eigenvalue weighted by molar-refractivity contribution is 6.06. The number of benzene rings is 1. The second kappa shape index (κ2) is 7.91. The first-order valence-corrected chi connectivity index (χ1v) is 9.59. The fraction of sp³-hybridized carbons (Fsp3) is 0.409. The van der Waals surface area contributed by atoms with Gasteiger partial charge in [-0.2, -0.15) is 5.10 Å². The Morgan fingerprint density at radius 2 is 1.93 bits per heavy atom. The first kappa shape index (κ1) is 19.1. The lowest BCUT2D eigenvalue weighted by Crippen LogP contribution is -2.31. The number of aromatic nitrogens is 3. The number of pyridine rings is 1. The topological polar surface area (TPSA) is 51.0 Å². The van der Waals surface area contributed by atoms with E-state index in [2.05, 4.69) is 38.0 Å². The number of rotatable bonds is 6. The number of hydrogen-bond acceptors (Lipinski definition) is 3. The molecule has 0 spiro atoms. The number of nitrogens with zero attached hydrogens (tertiary/aromatic N) is 4. The van der Waals surface area contributed by atoms with E-state index in [4.69, 9.17) is 4.98 Å². The molecule has 0 aliphatic rings. The second-order valence-corrected chi connectivity index (χ2v) is 7.37. The Morgan fingerprint density at radius 3 is 2.56 bits per heavy atom. The van der Waals surface area contributed by atoms with Crippen LogP contribution in [0.3, 0.4) is 0 Å². The van der Waals surface area contributed by atoms with E-state index >= 15 is 0 Å². The van der Waals surface area contributed by atoms with Crippen LogP contribution in [0, 0.1) is 6.92 Å². The van der Waals surface area contributed by atoms with Crippen LogP contribution in [0.4, 0.5) is 0 Å². The molecule has 0 saturated carbocycles. The van der Waals surface area contributed by atoms with E-state index in [1.54, 1.807) is 4.68 Å². The fourth-order valence-corrected chi connectivity index (χ4v) is 3.43. The fourth-order valence-electron chi connectivity index (χ4n) is 3.43. The maximum Gasteiger partial charge on any atom is 0.255 e. The first-order chi connectivity index (χ1) is 12.9. The summed E-state index contributed by atoms with van der Waals surface area (Å²) in [6.45, 7) is 9.56. The molecule has 0 aliphatic heterocycles. The van der Waals surface area contributed by atoms with Crippen LogP contribution in [0.25, 0.3) is 11.0 Å². The van der Waals surface area contributed by atoms with Crippen LogP contribution in [0.5, 0.6) is 0 Å². The molecule has 27 heavy (non-hydrogen) atoms. The van der Waals surface area contributed by atoms with E-state index in [1.165, 1.54) is 0 Å². The van der Waals surface area contributed by atoms with Crippen molar-refractivity contribution in [3.8, 4) is 0 Å². The van der Waals surface area contributed by atoms with Crippen molar-refractivity contribution >= 4 is 16.9 Å². The summed E-state index contributed by atoms with van der Waals surface area (Å²) in [6.07, 6.45) is 0.913. The van der Waals surface area contributed by atoms with Gasteiger partial charge in [0.25, 0.3) is 5.91 Å². The summed E-state index contributed by atoms with van der Waals surface area (Å²) >= 11 is 0. The van der Waals surface area contributed by atoms with Crippen molar-refractivity contribution in [1.29, 1.82) is 0 Å². The highest BCUT2D eigenvalue weighted by atomic mass is 16.2. The molecule has 5 nitrogen and oxygen atoms in total. The minimum atomic E-state index is 0.0473. The van der Waals surface area contributed by atoms with Crippen LogP contribution in [0.15, 0.2) is 36.4 Å². The summed E-state index contributed by atoms with van der Waals surface area (Å²) in [5.74, 6) is 0.288. The molecule has 0 N–H and O–H groups in total. The lowest BCUT2D eigenvalue weighted by molar-refractivity contribution is 0.0745. The third-order valence-corrected chi connectivity index (χ3v) is 4.81. The van der Waals surface area contributed by atoms with Crippen LogP contribution >= 0.6 is 0 Å². The van der Waals surface area contributed by atoms with Crippen molar-refractivity contribution in [1.82, 2.24) is 19.7 Å². The molecule has 1 amide bonds. The zero-order valence-corrected chi connectivity index (χ0v) is 16.9. The van der Waals surface area contributed by atoms with Crippen molar-refractivity contribution in [2.24, 2.45) is 7.05 Å². The van der Waals surface area contributed by atoms with Gasteiger partial charge in [0.15, 0.2) is 5.65 Å². The highest BCUT2D eigenvalue weighted by Gasteiger charge is 2.23. The molecule has 3 rings (SSSR count). The normalized spacial score (nSPS) is 11.3. The average molecular weight is 364 g/mol. The molecule has 0 atom stereocenters. The number of fused-ring (bicyclic) bond motifs is 1. The van der Waals surface area contributed by atoms with Crippen molar-refractivity contribution in [2.45, 2.75) is 46.6 Å². The largest absolute Gasteiger partial charge is 0.334 e. The summed E-state index contributed by atoms with van der Waals surface area (Å²) in [4.78, 5) is 20.2. The molecule has 0 bridgehead atoms. The molecule has 2 aromatic heterocycles. The van der Waals surface area contributed by atoms with Gasteiger partial charge in [-0.1, -0.05) is 51.1 Å². The lowest BCUT2D eigenvalue weighted by atomic mass is 10.0. The van der Waals surface area contributed by atoms with Gasteiger partial charge in [-0.25, -0.2) is 4.98 Å². The van der Waals surface area contributed by atoms with Gasteiger partial charge >= 0.3 is 0 Å². The maximum absolute atomic E-state index is 13.6. The van der Waals surface area contributed by atoms with Crippen LogP contribution < -0.4 is 0 Å². The van der Waals surface area contributed by atoms with Gasteiger partial charge in [-0.05, 0) is 30.9 Å². The van der Waals surface area contributed by atoms with E-state index in [0.29, 0.717) is 18.7 Å². The SMILES string of the molecule is CCCN(Cc1ccccc1)C(=O)c1cc(C(C)C)nc2c1c(C)nn2C. The standard InChI is InChI=1S/C22H28N4O/c1-6-12-26(14-17-10-8-7-9-11-17)22(27)18-13-19(15(2)3)23-21-20(18)16(4)24-25(21)5/h7-11,13,15H,6,12,14H2,1-5H3. The Bertz CT molecular complexity index is 944.